The third-order valence-electron chi connectivity index (χ3n) is 2.96. The summed E-state index contributed by atoms with van der Waals surface area (Å²) >= 11 is 0. The fraction of sp³-hybridized carbons (Fsp3) is 0.308. The smallest absolute Gasteiger partial charge is 0.199 e. The standard InChI is InChI=1S/C13H15NO3/c1-14-11-7-5-4-6-9(11)10(8-15)12(14)13(16-2)17-3/h4-8,13H,1-3H3. The number of aromatic nitrogens is 1. The van der Waals surface area contributed by atoms with Gasteiger partial charge in [0.1, 0.15) is 0 Å². The van der Waals surface area contributed by atoms with E-state index in [0.29, 0.717) is 5.56 Å². The molecule has 0 spiro atoms. The van der Waals surface area contributed by atoms with Gasteiger partial charge in [-0.05, 0) is 6.07 Å². The van der Waals surface area contributed by atoms with Gasteiger partial charge in [0.25, 0.3) is 0 Å². The van der Waals surface area contributed by atoms with Crippen LogP contribution >= 0.6 is 0 Å². The van der Waals surface area contributed by atoms with Crippen molar-refractivity contribution in [3.05, 3.63) is 35.5 Å². The van der Waals surface area contributed by atoms with E-state index in [2.05, 4.69) is 0 Å². The molecule has 2 aromatic rings. The summed E-state index contributed by atoms with van der Waals surface area (Å²) < 4.78 is 12.4. The maximum Gasteiger partial charge on any atom is 0.199 e. The van der Waals surface area contributed by atoms with Gasteiger partial charge in [-0.2, -0.15) is 0 Å². The third kappa shape index (κ3) is 1.75. The second kappa shape index (κ2) is 4.69. The molecule has 2 rings (SSSR count). The fourth-order valence-electron chi connectivity index (χ4n) is 2.17. The molecule has 0 aliphatic heterocycles. The Morgan fingerprint density at radius 3 is 2.47 bits per heavy atom. The van der Waals surface area contributed by atoms with Crippen LogP contribution in [0.15, 0.2) is 24.3 Å². The van der Waals surface area contributed by atoms with E-state index in [-0.39, 0.29) is 0 Å². The maximum absolute atomic E-state index is 11.3. The molecule has 0 saturated heterocycles. The van der Waals surface area contributed by atoms with Crippen LogP contribution < -0.4 is 0 Å². The summed E-state index contributed by atoms with van der Waals surface area (Å²) in [4.78, 5) is 11.3. The van der Waals surface area contributed by atoms with Crippen LogP contribution in [-0.4, -0.2) is 25.1 Å². The number of benzene rings is 1. The van der Waals surface area contributed by atoms with Crippen molar-refractivity contribution in [1.29, 1.82) is 0 Å². The highest BCUT2D eigenvalue weighted by Gasteiger charge is 2.21. The van der Waals surface area contributed by atoms with Crippen LogP contribution in [0.4, 0.5) is 0 Å². The van der Waals surface area contributed by atoms with E-state index < -0.39 is 6.29 Å². The molecule has 17 heavy (non-hydrogen) atoms. The molecule has 0 aliphatic carbocycles. The highest BCUT2D eigenvalue weighted by Crippen LogP contribution is 2.29. The zero-order valence-electron chi connectivity index (χ0n) is 10.1. The molecule has 0 saturated carbocycles. The van der Waals surface area contributed by atoms with Crippen LogP contribution in [0.1, 0.15) is 22.3 Å². The Morgan fingerprint density at radius 1 is 1.24 bits per heavy atom. The quantitative estimate of drug-likeness (QED) is 0.601. The van der Waals surface area contributed by atoms with Gasteiger partial charge >= 0.3 is 0 Å². The van der Waals surface area contributed by atoms with E-state index in [1.807, 2.05) is 35.9 Å². The maximum atomic E-state index is 11.3. The molecule has 0 bridgehead atoms. The Kier molecular flexibility index (Phi) is 3.26. The molecule has 1 aromatic heterocycles. The SMILES string of the molecule is COC(OC)c1c(C=O)c2ccccc2n1C. The molecule has 0 radical (unpaired) electrons. The van der Waals surface area contributed by atoms with Crippen molar-refractivity contribution in [2.75, 3.05) is 14.2 Å². The number of aldehydes is 1. The van der Waals surface area contributed by atoms with E-state index in [0.717, 1.165) is 22.9 Å². The average Bonchev–Trinajstić information content (AvgIpc) is 2.65. The van der Waals surface area contributed by atoms with E-state index in [1.54, 1.807) is 14.2 Å². The summed E-state index contributed by atoms with van der Waals surface area (Å²) in [5.74, 6) is 0. The van der Waals surface area contributed by atoms with Gasteiger partial charge in [0.2, 0.25) is 0 Å². The Labute approximate surface area is 99.7 Å². The van der Waals surface area contributed by atoms with Gasteiger partial charge in [0.15, 0.2) is 12.6 Å². The molecule has 90 valence electrons. The van der Waals surface area contributed by atoms with Crippen molar-refractivity contribution in [3.8, 4) is 0 Å². The largest absolute Gasteiger partial charge is 0.350 e. The average molecular weight is 233 g/mol. The summed E-state index contributed by atoms with van der Waals surface area (Å²) in [6, 6.07) is 7.74. The Balaban J connectivity index is 2.77. The fourth-order valence-corrected chi connectivity index (χ4v) is 2.17. The third-order valence-corrected chi connectivity index (χ3v) is 2.96. The van der Waals surface area contributed by atoms with Crippen LogP contribution in [0, 0.1) is 0 Å². The number of aryl methyl sites for hydroxylation is 1. The van der Waals surface area contributed by atoms with E-state index >= 15 is 0 Å². The number of hydrogen-bond donors (Lipinski definition) is 0. The van der Waals surface area contributed by atoms with Crippen LogP contribution in [-0.2, 0) is 16.5 Å². The summed E-state index contributed by atoms with van der Waals surface area (Å²) in [7, 11) is 5.01. The lowest BCUT2D eigenvalue weighted by Gasteiger charge is -2.15. The van der Waals surface area contributed by atoms with E-state index in [1.165, 1.54) is 0 Å². The predicted octanol–water partition coefficient (Wildman–Crippen LogP) is 2.28. The Hall–Kier alpha value is -1.65. The first kappa shape index (κ1) is 11.8. The van der Waals surface area contributed by atoms with Crippen molar-refractivity contribution < 1.29 is 14.3 Å². The van der Waals surface area contributed by atoms with Crippen LogP contribution in [0.3, 0.4) is 0 Å². The number of rotatable bonds is 4. The molecule has 0 atom stereocenters. The lowest BCUT2D eigenvalue weighted by molar-refractivity contribution is -0.110. The van der Waals surface area contributed by atoms with Gasteiger partial charge in [-0.3, -0.25) is 4.79 Å². The van der Waals surface area contributed by atoms with Gasteiger partial charge in [0.05, 0.1) is 5.69 Å². The first-order valence-corrected chi connectivity index (χ1v) is 5.32. The number of nitrogens with zero attached hydrogens (tertiary/aromatic N) is 1. The lowest BCUT2D eigenvalue weighted by atomic mass is 10.1. The molecule has 4 heteroatoms. The number of fused-ring (bicyclic) bond motifs is 1. The molecule has 4 nitrogen and oxygen atoms in total. The molecule has 0 amide bonds. The number of carbonyl (C=O) groups is 1. The minimum Gasteiger partial charge on any atom is -0.350 e. The van der Waals surface area contributed by atoms with Crippen molar-refractivity contribution in [3.63, 3.8) is 0 Å². The number of ether oxygens (including phenoxy) is 2. The number of para-hydroxylation sites is 1. The second-order valence-electron chi connectivity index (χ2n) is 3.80. The topological polar surface area (TPSA) is 40.5 Å². The van der Waals surface area contributed by atoms with Gasteiger partial charge in [-0.1, -0.05) is 18.2 Å². The molecular weight excluding hydrogens is 218 g/mol. The zero-order chi connectivity index (χ0) is 12.4. The predicted molar refractivity (Wildman–Crippen MR) is 65.1 cm³/mol. The zero-order valence-corrected chi connectivity index (χ0v) is 10.1. The molecule has 1 aromatic carbocycles. The number of hydrogen-bond acceptors (Lipinski definition) is 3. The molecule has 0 N–H and O–H groups in total. The van der Waals surface area contributed by atoms with Crippen LogP contribution in [0.2, 0.25) is 0 Å². The summed E-state index contributed by atoms with van der Waals surface area (Å²) in [5.41, 5.74) is 2.35. The Morgan fingerprint density at radius 2 is 1.88 bits per heavy atom. The van der Waals surface area contributed by atoms with Crippen molar-refractivity contribution in [2.24, 2.45) is 7.05 Å². The van der Waals surface area contributed by atoms with Crippen molar-refractivity contribution in [1.82, 2.24) is 4.57 Å². The van der Waals surface area contributed by atoms with Crippen molar-refractivity contribution >= 4 is 17.2 Å². The number of carbonyl (C=O) groups excluding carboxylic acids is 1. The number of methoxy groups -OCH3 is 2. The van der Waals surface area contributed by atoms with Gasteiger partial charge in [0, 0.05) is 37.7 Å². The van der Waals surface area contributed by atoms with Crippen LogP contribution in [0.25, 0.3) is 10.9 Å². The second-order valence-corrected chi connectivity index (χ2v) is 3.80. The summed E-state index contributed by atoms with van der Waals surface area (Å²) in [6.07, 6.45) is 0.315. The lowest BCUT2D eigenvalue weighted by Crippen LogP contribution is -2.10. The minimum atomic E-state index is -0.535. The van der Waals surface area contributed by atoms with Gasteiger partial charge < -0.3 is 14.0 Å². The molecule has 0 fully saturated rings. The monoisotopic (exact) mass is 233 g/mol. The summed E-state index contributed by atoms with van der Waals surface area (Å²) in [5, 5.41) is 0.916. The Bertz CT molecular complexity index is 541. The molecule has 0 unspecified atom stereocenters. The summed E-state index contributed by atoms with van der Waals surface area (Å²) in [6.45, 7) is 0. The van der Waals surface area contributed by atoms with E-state index in [4.69, 9.17) is 9.47 Å². The highest BCUT2D eigenvalue weighted by molar-refractivity contribution is 5.99. The van der Waals surface area contributed by atoms with Crippen molar-refractivity contribution in [2.45, 2.75) is 6.29 Å². The van der Waals surface area contributed by atoms with Crippen LogP contribution in [0.5, 0.6) is 0 Å². The minimum absolute atomic E-state index is 0.535. The molecular formula is C13H15NO3. The first-order valence-electron chi connectivity index (χ1n) is 5.32. The molecule has 1 heterocycles. The van der Waals surface area contributed by atoms with Gasteiger partial charge in [-0.25, -0.2) is 0 Å². The van der Waals surface area contributed by atoms with E-state index in [9.17, 15) is 4.79 Å². The highest BCUT2D eigenvalue weighted by atomic mass is 16.7. The first-order chi connectivity index (χ1) is 8.24. The normalized spacial score (nSPS) is 11.3. The molecule has 0 aliphatic rings. The van der Waals surface area contributed by atoms with Gasteiger partial charge in [-0.15, -0.1) is 0 Å².